The van der Waals surface area contributed by atoms with E-state index in [2.05, 4.69) is 12.1 Å². The second-order valence-corrected chi connectivity index (χ2v) is 4.92. The second kappa shape index (κ2) is 4.67. The van der Waals surface area contributed by atoms with E-state index in [9.17, 15) is 4.39 Å². The Morgan fingerprint density at radius 2 is 2.05 bits per heavy atom. The van der Waals surface area contributed by atoms with Gasteiger partial charge in [-0.25, -0.2) is 4.39 Å². The first-order valence-corrected chi connectivity index (χ1v) is 6.37. The summed E-state index contributed by atoms with van der Waals surface area (Å²) < 4.78 is 18.7. The molecule has 2 aromatic carbocycles. The summed E-state index contributed by atoms with van der Waals surface area (Å²) in [6, 6.07) is 12.5. The molecule has 2 aromatic rings. The number of nitrogens with two attached hydrogens (primary N) is 1. The molecule has 0 heterocycles. The van der Waals surface area contributed by atoms with E-state index in [1.165, 1.54) is 23.3 Å². The highest BCUT2D eigenvalue weighted by Gasteiger charge is 2.32. The molecule has 3 heteroatoms. The van der Waals surface area contributed by atoms with Crippen LogP contribution in [0.3, 0.4) is 0 Å². The largest absolute Gasteiger partial charge is 0.496 e. The van der Waals surface area contributed by atoms with Gasteiger partial charge in [0.05, 0.1) is 7.11 Å². The molecule has 2 nitrogen and oxygen atoms in total. The normalized spacial score (nSPS) is 18.4. The fourth-order valence-corrected chi connectivity index (χ4v) is 2.80. The number of halogens is 1. The van der Waals surface area contributed by atoms with Crippen molar-refractivity contribution in [1.29, 1.82) is 0 Å². The Morgan fingerprint density at radius 1 is 1.26 bits per heavy atom. The zero-order valence-corrected chi connectivity index (χ0v) is 10.8. The van der Waals surface area contributed by atoms with Gasteiger partial charge in [-0.05, 0) is 35.7 Å². The van der Waals surface area contributed by atoms with Crippen LogP contribution in [0.25, 0.3) is 0 Å². The predicted molar refractivity (Wildman–Crippen MR) is 72.8 cm³/mol. The number of rotatable bonds is 3. The van der Waals surface area contributed by atoms with Crippen LogP contribution in [0.1, 0.15) is 28.7 Å². The molecular formula is C16H16FNO. The van der Waals surface area contributed by atoms with Crippen LogP contribution in [0.4, 0.5) is 4.39 Å². The molecule has 0 aromatic heterocycles. The van der Waals surface area contributed by atoms with Gasteiger partial charge in [0.15, 0.2) is 0 Å². The van der Waals surface area contributed by atoms with E-state index in [-0.39, 0.29) is 17.8 Å². The zero-order chi connectivity index (χ0) is 13.4. The summed E-state index contributed by atoms with van der Waals surface area (Å²) in [6.45, 7) is 0. The molecule has 0 spiro atoms. The maximum absolute atomic E-state index is 13.4. The number of hydrogen-bond acceptors (Lipinski definition) is 2. The average Bonchev–Trinajstić information content (AvgIpc) is 2.40. The van der Waals surface area contributed by atoms with Crippen molar-refractivity contribution in [2.24, 2.45) is 5.73 Å². The van der Waals surface area contributed by atoms with Crippen LogP contribution in [0.15, 0.2) is 42.5 Å². The Labute approximate surface area is 112 Å². The first-order chi connectivity index (χ1) is 9.20. The molecule has 98 valence electrons. The van der Waals surface area contributed by atoms with Crippen LogP contribution in [0.5, 0.6) is 5.75 Å². The highest BCUT2D eigenvalue weighted by molar-refractivity contribution is 5.46. The molecule has 0 radical (unpaired) electrons. The summed E-state index contributed by atoms with van der Waals surface area (Å²) in [5.41, 5.74) is 9.65. The van der Waals surface area contributed by atoms with Crippen molar-refractivity contribution in [2.75, 3.05) is 7.11 Å². The monoisotopic (exact) mass is 257 g/mol. The Hall–Kier alpha value is -1.87. The van der Waals surface area contributed by atoms with E-state index in [0.29, 0.717) is 5.75 Å². The number of benzene rings is 2. The van der Waals surface area contributed by atoms with Gasteiger partial charge >= 0.3 is 0 Å². The lowest BCUT2D eigenvalue weighted by molar-refractivity contribution is 0.394. The maximum atomic E-state index is 13.4. The minimum absolute atomic E-state index is 0.236. The molecule has 1 aliphatic rings. The molecule has 0 amide bonds. The number of fused-ring (bicyclic) bond motifs is 1. The summed E-state index contributed by atoms with van der Waals surface area (Å²) in [4.78, 5) is 0. The highest BCUT2D eigenvalue weighted by Crippen LogP contribution is 2.44. The third-order valence-corrected chi connectivity index (χ3v) is 3.88. The maximum Gasteiger partial charge on any atom is 0.123 e. The van der Waals surface area contributed by atoms with Gasteiger partial charge in [0, 0.05) is 17.5 Å². The molecule has 1 aliphatic carbocycles. The van der Waals surface area contributed by atoms with Crippen molar-refractivity contribution in [3.63, 3.8) is 0 Å². The number of methoxy groups -OCH3 is 1. The lowest BCUT2D eigenvalue weighted by atomic mass is 9.72. The number of hydrogen-bond donors (Lipinski definition) is 1. The SMILES string of the molecule is COc1ccc(F)cc1C(N)C1Cc2ccccc21. The van der Waals surface area contributed by atoms with Crippen molar-refractivity contribution < 1.29 is 9.13 Å². The second-order valence-electron chi connectivity index (χ2n) is 4.92. The van der Waals surface area contributed by atoms with Crippen molar-refractivity contribution in [1.82, 2.24) is 0 Å². The van der Waals surface area contributed by atoms with E-state index < -0.39 is 0 Å². The molecule has 3 rings (SSSR count). The fraction of sp³-hybridized carbons (Fsp3) is 0.250. The van der Waals surface area contributed by atoms with Gasteiger partial charge < -0.3 is 10.5 Å². The lowest BCUT2D eigenvalue weighted by Gasteiger charge is -2.35. The summed E-state index contributed by atoms with van der Waals surface area (Å²) in [5.74, 6) is 0.615. The van der Waals surface area contributed by atoms with Crippen molar-refractivity contribution in [3.05, 3.63) is 65.0 Å². The van der Waals surface area contributed by atoms with Gasteiger partial charge in [0.1, 0.15) is 11.6 Å². The van der Waals surface area contributed by atoms with Crippen LogP contribution in [0.2, 0.25) is 0 Å². The van der Waals surface area contributed by atoms with Gasteiger partial charge in [0.2, 0.25) is 0 Å². The Bertz CT molecular complexity index is 611. The van der Waals surface area contributed by atoms with Gasteiger partial charge in [-0.2, -0.15) is 0 Å². The predicted octanol–water partition coefficient (Wildman–Crippen LogP) is 3.17. The van der Waals surface area contributed by atoms with Crippen molar-refractivity contribution in [3.8, 4) is 5.75 Å². The summed E-state index contributed by atoms with van der Waals surface area (Å²) in [6.07, 6.45) is 0.941. The summed E-state index contributed by atoms with van der Waals surface area (Å²) in [7, 11) is 1.58. The van der Waals surface area contributed by atoms with Gasteiger partial charge in [-0.15, -0.1) is 0 Å². The summed E-state index contributed by atoms with van der Waals surface area (Å²) in [5, 5.41) is 0. The van der Waals surface area contributed by atoms with Crippen LogP contribution < -0.4 is 10.5 Å². The zero-order valence-electron chi connectivity index (χ0n) is 10.8. The molecular weight excluding hydrogens is 241 g/mol. The molecule has 2 atom stereocenters. The quantitative estimate of drug-likeness (QED) is 0.916. The van der Waals surface area contributed by atoms with Crippen LogP contribution in [-0.4, -0.2) is 7.11 Å². The third-order valence-electron chi connectivity index (χ3n) is 3.88. The van der Waals surface area contributed by atoms with Crippen LogP contribution >= 0.6 is 0 Å². The average molecular weight is 257 g/mol. The van der Waals surface area contributed by atoms with Gasteiger partial charge in [0.25, 0.3) is 0 Å². The lowest BCUT2D eigenvalue weighted by Crippen LogP contribution is -2.29. The third kappa shape index (κ3) is 2.00. The topological polar surface area (TPSA) is 35.2 Å². The van der Waals surface area contributed by atoms with Crippen molar-refractivity contribution in [2.45, 2.75) is 18.4 Å². The summed E-state index contributed by atoms with van der Waals surface area (Å²) >= 11 is 0. The minimum atomic E-state index is -0.279. The molecule has 0 aliphatic heterocycles. The molecule has 0 saturated heterocycles. The standard InChI is InChI=1S/C16H16FNO/c1-19-15-7-6-11(17)9-14(15)16(18)13-8-10-4-2-3-5-12(10)13/h2-7,9,13,16H,8,18H2,1H3. The van der Waals surface area contributed by atoms with E-state index in [1.807, 2.05) is 12.1 Å². The van der Waals surface area contributed by atoms with E-state index in [4.69, 9.17) is 10.5 Å². The first kappa shape index (κ1) is 12.2. The van der Waals surface area contributed by atoms with Gasteiger partial charge in [-0.1, -0.05) is 24.3 Å². The Morgan fingerprint density at radius 3 is 2.79 bits per heavy atom. The highest BCUT2D eigenvalue weighted by atomic mass is 19.1. The fourth-order valence-electron chi connectivity index (χ4n) is 2.80. The van der Waals surface area contributed by atoms with E-state index in [1.54, 1.807) is 13.2 Å². The molecule has 0 fully saturated rings. The molecule has 2 N–H and O–H groups in total. The molecule has 2 unspecified atom stereocenters. The van der Waals surface area contributed by atoms with Gasteiger partial charge in [-0.3, -0.25) is 0 Å². The number of ether oxygens (including phenoxy) is 1. The molecule has 0 saturated carbocycles. The van der Waals surface area contributed by atoms with Crippen LogP contribution in [0, 0.1) is 5.82 Å². The molecule has 0 bridgehead atoms. The van der Waals surface area contributed by atoms with Crippen molar-refractivity contribution >= 4 is 0 Å². The van der Waals surface area contributed by atoms with E-state index >= 15 is 0 Å². The first-order valence-electron chi connectivity index (χ1n) is 6.37. The Kier molecular flexibility index (Phi) is 2.99. The minimum Gasteiger partial charge on any atom is -0.496 e. The molecule has 19 heavy (non-hydrogen) atoms. The Balaban J connectivity index is 1.94. The smallest absolute Gasteiger partial charge is 0.123 e. The van der Waals surface area contributed by atoms with E-state index in [0.717, 1.165) is 12.0 Å². The van der Waals surface area contributed by atoms with Crippen LogP contribution in [-0.2, 0) is 6.42 Å².